The van der Waals surface area contributed by atoms with Crippen LogP contribution >= 0.6 is 0 Å². The fourth-order valence-electron chi connectivity index (χ4n) is 3.44. The SMILES string of the molecule is CCCN(CCCc1cccc(OC(C)(C)C(=O)O)c1)c1n[nH]c(=O)n(CCCC(F)(F)F)c1=O. The van der Waals surface area contributed by atoms with Gasteiger partial charge in [0.25, 0.3) is 5.56 Å². The van der Waals surface area contributed by atoms with Crippen molar-refractivity contribution in [1.82, 2.24) is 14.8 Å². The van der Waals surface area contributed by atoms with Crippen molar-refractivity contribution in [3.05, 3.63) is 50.7 Å². The van der Waals surface area contributed by atoms with Gasteiger partial charge < -0.3 is 14.7 Å². The molecule has 1 heterocycles. The zero-order chi connectivity index (χ0) is 26.2. The molecule has 2 N–H and O–H groups in total. The van der Waals surface area contributed by atoms with Crippen LogP contribution in [0.2, 0.25) is 0 Å². The van der Waals surface area contributed by atoms with E-state index in [4.69, 9.17) is 4.74 Å². The first-order chi connectivity index (χ1) is 16.3. The highest BCUT2D eigenvalue weighted by Crippen LogP contribution is 2.22. The molecule has 0 aliphatic heterocycles. The number of carboxylic acid groups (broad SMARTS) is 1. The maximum absolute atomic E-state index is 12.8. The number of carboxylic acids is 1. The van der Waals surface area contributed by atoms with E-state index in [1.54, 1.807) is 23.1 Å². The summed E-state index contributed by atoms with van der Waals surface area (Å²) in [5.74, 6) is -0.682. The predicted octanol–water partition coefficient (Wildman–Crippen LogP) is 3.37. The topological polar surface area (TPSA) is 118 Å². The van der Waals surface area contributed by atoms with E-state index in [9.17, 15) is 32.7 Å². The quantitative estimate of drug-likeness (QED) is 0.433. The highest BCUT2D eigenvalue weighted by atomic mass is 19.4. The number of rotatable bonds is 13. The molecule has 0 bridgehead atoms. The van der Waals surface area contributed by atoms with Gasteiger partial charge >= 0.3 is 17.8 Å². The number of carbonyl (C=O) groups is 1. The molecule has 0 radical (unpaired) electrons. The normalized spacial score (nSPS) is 11.9. The number of halogens is 3. The summed E-state index contributed by atoms with van der Waals surface area (Å²) in [5.41, 5.74) is -2.06. The highest BCUT2D eigenvalue weighted by molar-refractivity contribution is 5.76. The number of benzene rings is 1. The van der Waals surface area contributed by atoms with Gasteiger partial charge in [-0.15, -0.1) is 5.10 Å². The molecule has 0 spiro atoms. The average Bonchev–Trinajstić information content (AvgIpc) is 2.75. The number of nitrogens with one attached hydrogen (secondary N) is 1. The number of H-pyrrole nitrogens is 1. The number of hydrogen-bond acceptors (Lipinski definition) is 6. The molecule has 0 saturated heterocycles. The second-order valence-corrected chi connectivity index (χ2v) is 8.68. The van der Waals surface area contributed by atoms with Gasteiger partial charge in [0.15, 0.2) is 5.60 Å². The molecule has 12 heteroatoms. The van der Waals surface area contributed by atoms with Crippen LogP contribution in [-0.2, 0) is 17.8 Å². The molecule has 0 unspecified atom stereocenters. The molecule has 2 aromatic rings. The third-order valence-electron chi connectivity index (χ3n) is 5.25. The first-order valence-corrected chi connectivity index (χ1v) is 11.4. The Morgan fingerprint density at radius 2 is 1.91 bits per heavy atom. The van der Waals surface area contributed by atoms with Crippen molar-refractivity contribution < 1.29 is 27.8 Å². The van der Waals surface area contributed by atoms with Gasteiger partial charge in [-0.1, -0.05) is 19.1 Å². The molecule has 0 aliphatic carbocycles. The Labute approximate surface area is 200 Å². The van der Waals surface area contributed by atoms with Crippen molar-refractivity contribution in [2.24, 2.45) is 0 Å². The van der Waals surface area contributed by atoms with Crippen molar-refractivity contribution in [2.75, 3.05) is 18.0 Å². The monoisotopic (exact) mass is 500 g/mol. The van der Waals surface area contributed by atoms with Crippen LogP contribution in [0.15, 0.2) is 33.9 Å². The molecule has 9 nitrogen and oxygen atoms in total. The molecule has 35 heavy (non-hydrogen) atoms. The van der Waals surface area contributed by atoms with E-state index in [0.717, 1.165) is 10.1 Å². The molecule has 0 saturated carbocycles. The molecule has 1 aromatic heterocycles. The summed E-state index contributed by atoms with van der Waals surface area (Å²) in [6.45, 7) is 5.34. The Morgan fingerprint density at radius 3 is 2.54 bits per heavy atom. The van der Waals surface area contributed by atoms with Crippen LogP contribution in [-0.4, -0.2) is 50.7 Å². The summed E-state index contributed by atoms with van der Waals surface area (Å²) in [5, 5.41) is 15.3. The number of alkyl halides is 3. The van der Waals surface area contributed by atoms with E-state index < -0.39 is 35.4 Å². The molecular weight excluding hydrogens is 469 g/mol. The van der Waals surface area contributed by atoms with Crippen LogP contribution in [0.25, 0.3) is 0 Å². The van der Waals surface area contributed by atoms with Gasteiger partial charge in [0.05, 0.1) is 0 Å². The zero-order valence-corrected chi connectivity index (χ0v) is 20.0. The number of aromatic nitrogens is 3. The molecule has 194 valence electrons. The van der Waals surface area contributed by atoms with Gasteiger partial charge in [-0.05, 0) is 57.2 Å². The van der Waals surface area contributed by atoms with E-state index in [2.05, 4.69) is 10.2 Å². The Morgan fingerprint density at radius 1 is 1.20 bits per heavy atom. The van der Waals surface area contributed by atoms with Crippen LogP contribution in [0.3, 0.4) is 0 Å². The number of anilines is 1. The van der Waals surface area contributed by atoms with Crippen molar-refractivity contribution in [3.63, 3.8) is 0 Å². The lowest BCUT2D eigenvalue weighted by Crippen LogP contribution is -2.42. The largest absolute Gasteiger partial charge is 0.478 e. The maximum Gasteiger partial charge on any atom is 0.389 e. The minimum absolute atomic E-state index is 0.0150. The fraction of sp³-hybridized carbons (Fsp3) is 0.565. The number of nitrogens with zero attached hydrogens (tertiary/aromatic N) is 3. The van der Waals surface area contributed by atoms with Crippen LogP contribution in [0.1, 0.15) is 52.0 Å². The fourth-order valence-corrected chi connectivity index (χ4v) is 3.44. The molecule has 0 fully saturated rings. The van der Waals surface area contributed by atoms with Crippen molar-refractivity contribution in [1.29, 1.82) is 0 Å². The van der Waals surface area contributed by atoms with Crippen molar-refractivity contribution in [3.8, 4) is 5.75 Å². The van der Waals surface area contributed by atoms with Gasteiger partial charge in [0.1, 0.15) is 5.75 Å². The van der Waals surface area contributed by atoms with Crippen LogP contribution < -0.4 is 20.9 Å². The van der Waals surface area contributed by atoms with E-state index in [-0.39, 0.29) is 18.8 Å². The minimum atomic E-state index is -4.37. The summed E-state index contributed by atoms with van der Waals surface area (Å²) in [7, 11) is 0. The summed E-state index contributed by atoms with van der Waals surface area (Å²) in [6.07, 6.45) is -3.98. The lowest BCUT2D eigenvalue weighted by molar-refractivity contribution is -0.152. The lowest BCUT2D eigenvalue weighted by atomic mass is 10.1. The Bertz CT molecular complexity index is 1110. The third-order valence-corrected chi connectivity index (χ3v) is 5.25. The summed E-state index contributed by atoms with van der Waals surface area (Å²) in [4.78, 5) is 37.8. The van der Waals surface area contributed by atoms with Gasteiger partial charge in [0.2, 0.25) is 5.82 Å². The number of hydrogen-bond donors (Lipinski definition) is 2. The molecule has 0 aliphatic rings. The minimum Gasteiger partial charge on any atom is -0.478 e. The predicted molar refractivity (Wildman–Crippen MR) is 124 cm³/mol. The van der Waals surface area contributed by atoms with Gasteiger partial charge in [-0.2, -0.15) is 13.2 Å². The van der Waals surface area contributed by atoms with Crippen molar-refractivity contribution in [2.45, 2.75) is 71.2 Å². The average molecular weight is 501 g/mol. The number of aromatic amines is 1. The van der Waals surface area contributed by atoms with E-state index in [1.807, 2.05) is 13.0 Å². The maximum atomic E-state index is 12.8. The van der Waals surface area contributed by atoms with E-state index >= 15 is 0 Å². The smallest absolute Gasteiger partial charge is 0.389 e. The summed E-state index contributed by atoms with van der Waals surface area (Å²) < 4.78 is 43.7. The molecule has 1 aromatic carbocycles. The molecular formula is C23H31F3N4O5. The Balaban J connectivity index is 2.10. The zero-order valence-electron chi connectivity index (χ0n) is 20.0. The van der Waals surface area contributed by atoms with Crippen LogP contribution in [0, 0.1) is 0 Å². The second-order valence-electron chi connectivity index (χ2n) is 8.68. The molecule has 0 atom stereocenters. The Hall–Kier alpha value is -3.31. The van der Waals surface area contributed by atoms with Gasteiger partial charge in [-0.25, -0.2) is 14.7 Å². The lowest BCUT2D eigenvalue weighted by Gasteiger charge is -2.23. The Kier molecular flexibility index (Phi) is 9.49. The number of ether oxygens (including phenoxy) is 1. The number of aliphatic carboxylic acids is 1. The van der Waals surface area contributed by atoms with E-state index in [1.165, 1.54) is 13.8 Å². The highest BCUT2D eigenvalue weighted by Gasteiger charge is 2.29. The molecule has 2 rings (SSSR count). The van der Waals surface area contributed by atoms with Gasteiger partial charge in [0, 0.05) is 26.1 Å². The second kappa shape index (κ2) is 11.9. The molecule has 0 amide bonds. The van der Waals surface area contributed by atoms with Gasteiger partial charge in [-0.3, -0.25) is 9.36 Å². The summed E-state index contributed by atoms with van der Waals surface area (Å²) in [6, 6.07) is 7.05. The first kappa shape index (κ1) is 27.9. The summed E-state index contributed by atoms with van der Waals surface area (Å²) >= 11 is 0. The third kappa shape index (κ3) is 8.45. The van der Waals surface area contributed by atoms with Crippen molar-refractivity contribution >= 4 is 11.8 Å². The van der Waals surface area contributed by atoms with Crippen LogP contribution in [0.5, 0.6) is 5.75 Å². The first-order valence-electron chi connectivity index (χ1n) is 11.4. The van der Waals surface area contributed by atoms with Crippen LogP contribution in [0.4, 0.5) is 19.0 Å². The van der Waals surface area contributed by atoms with E-state index in [0.29, 0.717) is 38.1 Å². The standard InChI is InChI=1S/C23H31F3N4O5/c1-4-12-29(18-19(31)30(21(34)28-27-18)14-7-11-23(24,25)26)13-6-9-16-8-5-10-17(15-16)35-22(2,3)20(32)33/h5,8,10,15H,4,6-7,9,11-14H2,1-3H3,(H,28,34)(H,32,33). The number of aryl methyl sites for hydroxylation is 1.